The van der Waals surface area contributed by atoms with Gasteiger partial charge in [-0.3, -0.25) is 4.79 Å². The van der Waals surface area contributed by atoms with Crippen molar-refractivity contribution in [3.8, 4) is 0 Å². The molecular weight excluding hydrogens is 275 g/mol. The fourth-order valence-electron chi connectivity index (χ4n) is 2.89. The Kier molecular flexibility index (Phi) is 3.75. The zero-order valence-corrected chi connectivity index (χ0v) is 11.7. The first-order chi connectivity index (χ1) is 10.1. The molecule has 2 fully saturated rings. The average molecular weight is 294 g/mol. The summed E-state index contributed by atoms with van der Waals surface area (Å²) >= 11 is 0. The van der Waals surface area contributed by atoms with E-state index in [0.29, 0.717) is 31.6 Å². The Balaban J connectivity index is 1.62. The average Bonchev–Trinajstić information content (AvgIpc) is 2.84. The molecule has 1 aromatic heterocycles. The largest absolute Gasteiger partial charge is 0.380 e. The van der Waals surface area contributed by atoms with E-state index in [-0.39, 0.29) is 18.5 Å². The minimum Gasteiger partial charge on any atom is -0.380 e. The number of carbonyl (C=O) groups is 1. The highest BCUT2D eigenvalue weighted by atomic mass is 19.1. The van der Waals surface area contributed by atoms with Crippen molar-refractivity contribution in [3.63, 3.8) is 0 Å². The lowest BCUT2D eigenvalue weighted by molar-refractivity contribution is -0.148. The number of aliphatic hydroxyl groups is 1. The molecule has 1 aromatic rings. The number of hydrogen-bond acceptors (Lipinski definition) is 5. The van der Waals surface area contributed by atoms with Gasteiger partial charge in [0.25, 0.3) is 5.91 Å². The highest BCUT2D eigenvalue weighted by Crippen LogP contribution is 2.32. The molecule has 2 aliphatic rings. The molecule has 1 saturated heterocycles. The summed E-state index contributed by atoms with van der Waals surface area (Å²) in [5, 5.41) is 20.5. The van der Waals surface area contributed by atoms with Crippen LogP contribution in [0.15, 0.2) is 18.3 Å². The summed E-state index contributed by atoms with van der Waals surface area (Å²) < 4.78 is 13.7. The molecule has 1 aliphatic carbocycles. The first-order valence-corrected chi connectivity index (χ1v) is 7.27. The molecule has 6 nitrogen and oxygen atoms in total. The summed E-state index contributed by atoms with van der Waals surface area (Å²) in [5.41, 5.74) is -1.22. The molecule has 7 heteroatoms. The van der Waals surface area contributed by atoms with Crippen LogP contribution in [0.3, 0.4) is 0 Å². The van der Waals surface area contributed by atoms with Crippen LogP contribution in [-0.2, 0) is 4.79 Å². The minimum atomic E-state index is -1.22. The summed E-state index contributed by atoms with van der Waals surface area (Å²) in [5.74, 6) is 0.259. The minimum absolute atomic E-state index is 0.163. The predicted octanol–water partition coefficient (Wildman–Crippen LogP) is 0.425. The van der Waals surface area contributed by atoms with Crippen LogP contribution in [-0.4, -0.2) is 52.1 Å². The Morgan fingerprint density at radius 3 is 3.00 bits per heavy atom. The number of halogens is 1. The van der Waals surface area contributed by atoms with Crippen LogP contribution in [0.1, 0.15) is 25.7 Å². The molecule has 1 saturated carbocycles. The van der Waals surface area contributed by atoms with Gasteiger partial charge in [0.2, 0.25) is 0 Å². The number of nitrogens with one attached hydrogen (secondary N) is 1. The fraction of sp³-hybridized carbons (Fsp3) is 0.643. The molecule has 2 atom stereocenters. The summed E-state index contributed by atoms with van der Waals surface area (Å²) in [6.07, 6.45) is 2.84. The normalized spacial score (nSPS) is 27.2. The first kappa shape index (κ1) is 14.2. The molecule has 0 bridgehead atoms. The van der Waals surface area contributed by atoms with Crippen LogP contribution in [0.2, 0.25) is 0 Å². The van der Waals surface area contributed by atoms with E-state index in [0.717, 1.165) is 6.42 Å². The van der Waals surface area contributed by atoms with Gasteiger partial charge in [0.05, 0.1) is 12.6 Å². The van der Waals surface area contributed by atoms with Gasteiger partial charge in [-0.15, -0.1) is 5.10 Å². The highest BCUT2D eigenvalue weighted by Gasteiger charge is 2.42. The van der Waals surface area contributed by atoms with E-state index in [2.05, 4.69) is 15.5 Å². The number of aromatic nitrogens is 2. The van der Waals surface area contributed by atoms with E-state index >= 15 is 0 Å². The van der Waals surface area contributed by atoms with Gasteiger partial charge in [-0.1, -0.05) is 0 Å². The van der Waals surface area contributed by atoms with Gasteiger partial charge in [-0.2, -0.15) is 5.10 Å². The Labute approximate surface area is 122 Å². The van der Waals surface area contributed by atoms with Crippen molar-refractivity contribution in [1.82, 2.24) is 15.5 Å². The number of rotatable bonds is 4. The number of nitrogens with zero attached hydrogens (tertiary/aromatic N) is 3. The van der Waals surface area contributed by atoms with E-state index in [4.69, 9.17) is 0 Å². The molecule has 0 spiro atoms. The van der Waals surface area contributed by atoms with Crippen molar-refractivity contribution in [2.45, 2.75) is 43.5 Å². The van der Waals surface area contributed by atoms with Gasteiger partial charge in [-0.05, 0) is 31.4 Å². The number of alkyl halides is 1. The lowest BCUT2D eigenvalue weighted by Crippen LogP contribution is -2.53. The zero-order valence-electron chi connectivity index (χ0n) is 11.7. The van der Waals surface area contributed by atoms with Crippen molar-refractivity contribution in [1.29, 1.82) is 0 Å². The van der Waals surface area contributed by atoms with E-state index in [1.54, 1.807) is 18.3 Å². The summed E-state index contributed by atoms with van der Waals surface area (Å²) in [7, 11) is 0. The summed E-state index contributed by atoms with van der Waals surface area (Å²) in [6.45, 7) is 0.557. The third-order valence-electron chi connectivity index (χ3n) is 4.32. The molecule has 1 amide bonds. The first-order valence-electron chi connectivity index (χ1n) is 7.27. The number of hydrogen-bond donors (Lipinski definition) is 2. The third kappa shape index (κ3) is 2.83. The lowest BCUT2D eigenvalue weighted by Gasteiger charge is -2.35. The quantitative estimate of drug-likeness (QED) is 0.842. The number of amides is 1. The van der Waals surface area contributed by atoms with Crippen LogP contribution >= 0.6 is 0 Å². The maximum Gasteiger partial charge on any atom is 0.252 e. The third-order valence-corrected chi connectivity index (χ3v) is 4.32. The van der Waals surface area contributed by atoms with Crippen molar-refractivity contribution in [2.75, 3.05) is 18.0 Å². The molecule has 3 rings (SSSR count). The molecule has 2 heterocycles. The van der Waals surface area contributed by atoms with Crippen molar-refractivity contribution < 1.29 is 14.3 Å². The standard InChI is InChI=1S/C14H19FN4O2/c15-10-7-11(8-16-13(20)14(21)4-2-5-14)19(9-10)12-3-1-6-17-18-12/h1,3,6,10-11,21H,2,4-5,7-9H2,(H,16,20)/t10-,11-/m0/s1. The van der Waals surface area contributed by atoms with Crippen molar-refractivity contribution in [3.05, 3.63) is 18.3 Å². The molecule has 114 valence electrons. The zero-order chi connectivity index (χ0) is 14.9. The topological polar surface area (TPSA) is 78.4 Å². The lowest BCUT2D eigenvalue weighted by atomic mass is 9.79. The Morgan fingerprint density at radius 1 is 1.57 bits per heavy atom. The molecule has 2 N–H and O–H groups in total. The molecule has 21 heavy (non-hydrogen) atoms. The van der Waals surface area contributed by atoms with Gasteiger partial charge in [0, 0.05) is 19.2 Å². The fourth-order valence-corrected chi connectivity index (χ4v) is 2.89. The van der Waals surface area contributed by atoms with Crippen LogP contribution in [0.5, 0.6) is 0 Å². The van der Waals surface area contributed by atoms with E-state index in [9.17, 15) is 14.3 Å². The van der Waals surface area contributed by atoms with Gasteiger partial charge in [0.15, 0.2) is 5.82 Å². The SMILES string of the molecule is O=C(NC[C@@H]1C[C@H](F)CN1c1cccnn1)C1(O)CCC1. The molecular formula is C14H19FN4O2. The van der Waals surface area contributed by atoms with Gasteiger partial charge < -0.3 is 15.3 Å². The van der Waals surface area contributed by atoms with E-state index < -0.39 is 11.8 Å². The van der Waals surface area contributed by atoms with E-state index in [1.165, 1.54) is 0 Å². The summed E-state index contributed by atoms with van der Waals surface area (Å²) in [6, 6.07) is 3.37. The number of anilines is 1. The van der Waals surface area contributed by atoms with Crippen molar-refractivity contribution >= 4 is 11.7 Å². The van der Waals surface area contributed by atoms with Crippen LogP contribution < -0.4 is 10.2 Å². The molecule has 0 aromatic carbocycles. The maximum atomic E-state index is 13.7. The van der Waals surface area contributed by atoms with Crippen LogP contribution in [0.25, 0.3) is 0 Å². The molecule has 0 unspecified atom stereocenters. The van der Waals surface area contributed by atoms with Gasteiger partial charge in [0.1, 0.15) is 11.8 Å². The van der Waals surface area contributed by atoms with E-state index in [1.807, 2.05) is 4.90 Å². The Bertz CT molecular complexity index is 509. The molecule has 1 aliphatic heterocycles. The predicted molar refractivity (Wildman–Crippen MR) is 74.5 cm³/mol. The summed E-state index contributed by atoms with van der Waals surface area (Å²) in [4.78, 5) is 13.7. The Morgan fingerprint density at radius 2 is 2.38 bits per heavy atom. The highest BCUT2D eigenvalue weighted by molar-refractivity contribution is 5.85. The Hall–Kier alpha value is -1.76. The van der Waals surface area contributed by atoms with Gasteiger partial charge >= 0.3 is 0 Å². The van der Waals surface area contributed by atoms with Crippen molar-refractivity contribution in [2.24, 2.45) is 0 Å². The smallest absolute Gasteiger partial charge is 0.252 e. The second kappa shape index (κ2) is 5.55. The second-order valence-corrected chi connectivity index (χ2v) is 5.82. The van der Waals surface area contributed by atoms with Gasteiger partial charge in [-0.25, -0.2) is 4.39 Å². The van der Waals surface area contributed by atoms with Crippen LogP contribution in [0, 0.1) is 0 Å². The number of carbonyl (C=O) groups excluding carboxylic acids is 1. The molecule has 0 radical (unpaired) electrons. The van der Waals surface area contributed by atoms with Crippen LogP contribution in [0.4, 0.5) is 10.2 Å². The second-order valence-electron chi connectivity index (χ2n) is 5.82. The monoisotopic (exact) mass is 294 g/mol. The maximum absolute atomic E-state index is 13.7.